The minimum Gasteiger partial charge on any atom is -0.352 e. The van der Waals surface area contributed by atoms with Gasteiger partial charge in [-0.05, 0) is 50.1 Å². The number of unbranched alkanes of at least 4 members (excludes halogenated alkanes) is 1. The molecule has 0 unspecified atom stereocenters. The highest BCUT2D eigenvalue weighted by Gasteiger charge is 2.16. The fraction of sp³-hybridized carbons (Fsp3) is 0.375. The second-order valence-corrected chi connectivity index (χ2v) is 5.00. The number of hydrogen-bond acceptors (Lipinski definition) is 3. The fourth-order valence-electron chi connectivity index (χ4n) is 2.27. The molecular weight excluding hydrogens is 319 g/mol. The lowest BCUT2D eigenvalue weighted by molar-refractivity contribution is 0.0952. The summed E-state index contributed by atoms with van der Waals surface area (Å²) < 4.78 is 14.7. The monoisotopic (exact) mass is 340 g/mol. The molecule has 126 valence electrons. The van der Waals surface area contributed by atoms with Crippen LogP contribution in [0.15, 0.2) is 30.5 Å². The molecule has 0 saturated carbocycles. The third kappa shape index (κ3) is 4.77. The van der Waals surface area contributed by atoms with Gasteiger partial charge < -0.3 is 11.1 Å². The molecule has 0 bridgehead atoms. The van der Waals surface area contributed by atoms with Gasteiger partial charge in [0.1, 0.15) is 5.82 Å². The average molecular weight is 341 g/mol. The topological polar surface area (TPSA) is 72.9 Å². The molecule has 1 aromatic heterocycles. The molecule has 0 fully saturated rings. The van der Waals surface area contributed by atoms with Gasteiger partial charge in [0.05, 0.1) is 23.1 Å². The molecule has 23 heavy (non-hydrogen) atoms. The van der Waals surface area contributed by atoms with Crippen LogP contribution in [-0.4, -0.2) is 28.8 Å². The maximum Gasteiger partial charge on any atom is 0.254 e. The van der Waals surface area contributed by atoms with E-state index in [1.165, 1.54) is 12.1 Å². The van der Waals surface area contributed by atoms with E-state index in [0.29, 0.717) is 25.1 Å². The van der Waals surface area contributed by atoms with Crippen LogP contribution in [-0.2, 0) is 6.42 Å². The number of halogens is 2. The van der Waals surface area contributed by atoms with Gasteiger partial charge in [0.25, 0.3) is 5.91 Å². The smallest absolute Gasteiger partial charge is 0.254 e. The van der Waals surface area contributed by atoms with E-state index in [2.05, 4.69) is 10.4 Å². The lowest BCUT2D eigenvalue weighted by Crippen LogP contribution is -2.25. The van der Waals surface area contributed by atoms with Crippen LogP contribution in [0.2, 0.25) is 0 Å². The molecule has 5 nitrogen and oxygen atoms in total. The molecule has 2 rings (SSSR count). The van der Waals surface area contributed by atoms with Gasteiger partial charge in [0, 0.05) is 6.54 Å². The predicted molar refractivity (Wildman–Crippen MR) is 90.8 cm³/mol. The van der Waals surface area contributed by atoms with Crippen molar-refractivity contribution in [2.75, 3.05) is 13.1 Å². The Balaban J connectivity index is 0.00000264. The van der Waals surface area contributed by atoms with Crippen molar-refractivity contribution in [2.45, 2.75) is 26.2 Å². The lowest BCUT2D eigenvalue weighted by atomic mass is 10.2. The number of aromatic nitrogens is 2. The number of benzene rings is 1. The Morgan fingerprint density at radius 2 is 2.00 bits per heavy atom. The Kier molecular flexibility index (Phi) is 7.71. The van der Waals surface area contributed by atoms with Crippen LogP contribution in [0.4, 0.5) is 4.39 Å². The molecule has 0 aliphatic rings. The highest BCUT2D eigenvalue weighted by Crippen LogP contribution is 2.16. The molecule has 0 saturated heterocycles. The zero-order valence-electron chi connectivity index (χ0n) is 13.1. The summed E-state index contributed by atoms with van der Waals surface area (Å²) in [5, 5.41) is 7.14. The SMILES string of the molecule is CCc1c(C(=O)NCCCCN)cnn1-c1ccc(F)cc1.Cl. The van der Waals surface area contributed by atoms with Crippen molar-refractivity contribution in [3.63, 3.8) is 0 Å². The number of carbonyl (C=O) groups excluding carboxylic acids is 1. The summed E-state index contributed by atoms with van der Waals surface area (Å²) in [5.41, 5.74) is 7.53. The Hall–Kier alpha value is -1.92. The summed E-state index contributed by atoms with van der Waals surface area (Å²) in [6, 6.07) is 6.04. The van der Waals surface area contributed by atoms with E-state index in [1.807, 2.05) is 6.92 Å². The Labute approximate surface area is 141 Å². The summed E-state index contributed by atoms with van der Waals surface area (Å²) in [7, 11) is 0. The second kappa shape index (κ2) is 9.27. The molecule has 0 aliphatic carbocycles. The summed E-state index contributed by atoms with van der Waals surface area (Å²) in [6.07, 6.45) is 3.95. The molecule has 0 atom stereocenters. The number of rotatable bonds is 7. The molecule has 0 aliphatic heterocycles. The van der Waals surface area contributed by atoms with Crippen molar-refractivity contribution in [3.8, 4) is 5.69 Å². The second-order valence-electron chi connectivity index (χ2n) is 5.00. The minimum absolute atomic E-state index is 0. The van der Waals surface area contributed by atoms with Gasteiger partial charge in [-0.25, -0.2) is 9.07 Å². The maximum atomic E-state index is 13.0. The van der Waals surface area contributed by atoms with Gasteiger partial charge >= 0.3 is 0 Å². The zero-order valence-corrected chi connectivity index (χ0v) is 13.9. The van der Waals surface area contributed by atoms with Crippen LogP contribution in [0, 0.1) is 5.82 Å². The van der Waals surface area contributed by atoms with Crippen molar-refractivity contribution in [2.24, 2.45) is 5.73 Å². The quantitative estimate of drug-likeness (QED) is 0.760. The van der Waals surface area contributed by atoms with Crippen LogP contribution < -0.4 is 11.1 Å². The van der Waals surface area contributed by atoms with E-state index in [9.17, 15) is 9.18 Å². The van der Waals surface area contributed by atoms with Gasteiger partial charge in [0.15, 0.2) is 0 Å². The Bertz CT molecular complexity index is 628. The van der Waals surface area contributed by atoms with Crippen LogP contribution in [0.25, 0.3) is 5.69 Å². The molecular formula is C16H22ClFN4O. The fourth-order valence-corrected chi connectivity index (χ4v) is 2.27. The Morgan fingerprint density at radius 3 is 2.61 bits per heavy atom. The third-order valence-corrected chi connectivity index (χ3v) is 3.44. The number of carbonyl (C=O) groups is 1. The largest absolute Gasteiger partial charge is 0.352 e. The third-order valence-electron chi connectivity index (χ3n) is 3.44. The van der Waals surface area contributed by atoms with E-state index in [1.54, 1.807) is 23.0 Å². The first-order chi connectivity index (χ1) is 10.7. The summed E-state index contributed by atoms with van der Waals surface area (Å²) in [5.74, 6) is -0.436. The molecule has 1 amide bonds. The average Bonchev–Trinajstić information content (AvgIpc) is 2.96. The van der Waals surface area contributed by atoms with Crippen molar-refractivity contribution in [1.82, 2.24) is 15.1 Å². The number of hydrogen-bond donors (Lipinski definition) is 2. The highest BCUT2D eigenvalue weighted by atomic mass is 35.5. The summed E-state index contributed by atoms with van der Waals surface area (Å²) in [4.78, 5) is 12.2. The minimum atomic E-state index is -0.299. The first kappa shape index (κ1) is 19.1. The number of nitrogens with one attached hydrogen (secondary N) is 1. The van der Waals surface area contributed by atoms with E-state index in [4.69, 9.17) is 5.73 Å². The highest BCUT2D eigenvalue weighted by molar-refractivity contribution is 5.95. The first-order valence-electron chi connectivity index (χ1n) is 7.48. The molecule has 3 N–H and O–H groups in total. The van der Waals surface area contributed by atoms with Crippen LogP contribution >= 0.6 is 12.4 Å². The molecule has 7 heteroatoms. The van der Waals surface area contributed by atoms with Crippen molar-refractivity contribution < 1.29 is 9.18 Å². The molecule has 0 spiro atoms. The molecule has 2 aromatic rings. The van der Waals surface area contributed by atoms with Crippen molar-refractivity contribution in [3.05, 3.63) is 47.5 Å². The van der Waals surface area contributed by atoms with E-state index >= 15 is 0 Å². The van der Waals surface area contributed by atoms with Crippen LogP contribution in [0.1, 0.15) is 35.8 Å². The summed E-state index contributed by atoms with van der Waals surface area (Å²) >= 11 is 0. The lowest BCUT2D eigenvalue weighted by Gasteiger charge is -2.08. The number of nitrogens with two attached hydrogens (primary N) is 1. The van der Waals surface area contributed by atoms with E-state index in [0.717, 1.165) is 24.2 Å². The number of amides is 1. The van der Waals surface area contributed by atoms with Gasteiger partial charge in [-0.3, -0.25) is 4.79 Å². The normalized spacial score (nSPS) is 10.2. The molecule has 0 radical (unpaired) electrons. The van der Waals surface area contributed by atoms with Crippen LogP contribution in [0.5, 0.6) is 0 Å². The van der Waals surface area contributed by atoms with Gasteiger partial charge in [-0.2, -0.15) is 5.10 Å². The molecule has 1 aromatic carbocycles. The molecule has 1 heterocycles. The predicted octanol–water partition coefficient (Wildman–Crippen LogP) is 2.46. The van der Waals surface area contributed by atoms with Crippen LogP contribution in [0.3, 0.4) is 0 Å². The zero-order chi connectivity index (χ0) is 15.9. The van der Waals surface area contributed by atoms with E-state index < -0.39 is 0 Å². The summed E-state index contributed by atoms with van der Waals surface area (Å²) in [6.45, 7) is 3.18. The first-order valence-corrected chi connectivity index (χ1v) is 7.48. The standard InChI is InChI=1S/C16H21FN4O.ClH/c1-2-15-14(16(22)19-10-4-3-9-18)11-20-21(15)13-7-5-12(17)6-8-13;/h5-8,11H,2-4,9-10,18H2,1H3,(H,19,22);1H. The van der Waals surface area contributed by atoms with Crippen molar-refractivity contribution in [1.29, 1.82) is 0 Å². The van der Waals surface area contributed by atoms with Gasteiger partial charge in [-0.15, -0.1) is 12.4 Å². The van der Waals surface area contributed by atoms with Gasteiger partial charge in [-0.1, -0.05) is 6.92 Å². The van der Waals surface area contributed by atoms with Crippen molar-refractivity contribution >= 4 is 18.3 Å². The van der Waals surface area contributed by atoms with E-state index in [-0.39, 0.29) is 24.1 Å². The van der Waals surface area contributed by atoms with Gasteiger partial charge in [0.2, 0.25) is 0 Å². The number of nitrogens with zero attached hydrogens (tertiary/aromatic N) is 2. The maximum absolute atomic E-state index is 13.0. The Morgan fingerprint density at radius 1 is 1.30 bits per heavy atom.